The third-order valence-corrected chi connectivity index (χ3v) is 3.71. The molecule has 4 nitrogen and oxygen atoms in total. The Morgan fingerprint density at radius 1 is 1.13 bits per heavy atom. The topological polar surface area (TPSA) is 38.8 Å². The van der Waals surface area contributed by atoms with Gasteiger partial charge in [0.05, 0.1) is 25.3 Å². The normalized spacial score (nSPS) is 15.5. The van der Waals surface area contributed by atoms with Gasteiger partial charge < -0.3 is 14.4 Å². The molecule has 0 saturated heterocycles. The molecular formula is C19H21NO3. The van der Waals surface area contributed by atoms with Crippen LogP contribution in [-0.2, 0) is 4.79 Å². The summed E-state index contributed by atoms with van der Waals surface area (Å²) in [5.41, 5.74) is 0.432. The molecule has 0 atom stereocenters. The third kappa shape index (κ3) is 3.65. The quantitative estimate of drug-likeness (QED) is 0.865. The monoisotopic (exact) mass is 311 g/mol. The summed E-state index contributed by atoms with van der Waals surface area (Å²) in [5.74, 6) is 1.58. The smallest absolute Gasteiger partial charge is 0.230 e. The molecule has 1 aliphatic rings. The maximum atomic E-state index is 12.6. The predicted molar refractivity (Wildman–Crippen MR) is 90.1 cm³/mol. The largest absolute Gasteiger partial charge is 0.493 e. The molecule has 0 bridgehead atoms. The summed E-state index contributed by atoms with van der Waals surface area (Å²) in [6, 6.07) is 17.2. The maximum Gasteiger partial charge on any atom is 0.230 e. The number of carbonyl (C=O) groups excluding carboxylic acids is 1. The number of carbonyl (C=O) groups is 1. The summed E-state index contributed by atoms with van der Waals surface area (Å²) in [7, 11) is 0. The van der Waals surface area contributed by atoms with Gasteiger partial charge in [0, 0.05) is 0 Å². The SMILES string of the molecule is CC1(C)CN(C(=O)CCOc2ccccc2)c2ccccc2O1. The van der Waals surface area contributed by atoms with Crippen LogP contribution in [-0.4, -0.2) is 24.7 Å². The van der Waals surface area contributed by atoms with Crippen LogP contribution in [0.3, 0.4) is 0 Å². The van der Waals surface area contributed by atoms with Crippen LogP contribution in [0, 0.1) is 0 Å². The molecule has 120 valence electrons. The van der Waals surface area contributed by atoms with E-state index in [1.54, 1.807) is 4.90 Å². The number of amides is 1. The van der Waals surface area contributed by atoms with E-state index < -0.39 is 5.60 Å². The number of ether oxygens (including phenoxy) is 2. The van der Waals surface area contributed by atoms with Gasteiger partial charge in [0.25, 0.3) is 0 Å². The molecule has 4 heteroatoms. The molecule has 1 heterocycles. The van der Waals surface area contributed by atoms with E-state index in [1.807, 2.05) is 68.4 Å². The van der Waals surface area contributed by atoms with Crippen molar-refractivity contribution in [2.24, 2.45) is 0 Å². The van der Waals surface area contributed by atoms with Crippen LogP contribution in [0.1, 0.15) is 20.3 Å². The van der Waals surface area contributed by atoms with Crippen molar-refractivity contribution in [2.45, 2.75) is 25.9 Å². The van der Waals surface area contributed by atoms with Crippen LogP contribution in [0.25, 0.3) is 0 Å². The number of benzene rings is 2. The van der Waals surface area contributed by atoms with Crippen molar-refractivity contribution < 1.29 is 14.3 Å². The first kappa shape index (κ1) is 15.4. The summed E-state index contributed by atoms with van der Waals surface area (Å²) < 4.78 is 11.6. The number of nitrogens with zero attached hydrogens (tertiary/aromatic N) is 1. The van der Waals surface area contributed by atoms with Crippen molar-refractivity contribution in [3.05, 3.63) is 54.6 Å². The first-order valence-electron chi connectivity index (χ1n) is 7.81. The average molecular weight is 311 g/mol. The van der Waals surface area contributed by atoms with Crippen molar-refractivity contribution in [3.8, 4) is 11.5 Å². The summed E-state index contributed by atoms with van der Waals surface area (Å²) in [6.07, 6.45) is 0.333. The molecule has 0 saturated carbocycles. The number of hydrogen-bond acceptors (Lipinski definition) is 3. The Morgan fingerprint density at radius 3 is 2.61 bits per heavy atom. The molecule has 0 fully saturated rings. The van der Waals surface area contributed by atoms with E-state index in [4.69, 9.17) is 9.47 Å². The standard InChI is InChI=1S/C19H21NO3/c1-19(2)14-20(16-10-6-7-11-17(16)23-19)18(21)12-13-22-15-8-4-3-5-9-15/h3-11H,12-14H2,1-2H3. The maximum absolute atomic E-state index is 12.6. The minimum atomic E-state index is -0.399. The van der Waals surface area contributed by atoms with Crippen LogP contribution in [0.5, 0.6) is 11.5 Å². The van der Waals surface area contributed by atoms with Gasteiger partial charge in [0.15, 0.2) is 0 Å². The summed E-state index contributed by atoms with van der Waals surface area (Å²) in [6.45, 7) is 4.88. The van der Waals surface area contributed by atoms with E-state index in [0.717, 1.165) is 17.2 Å². The Balaban J connectivity index is 1.67. The third-order valence-electron chi connectivity index (χ3n) is 3.71. The highest BCUT2D eigenvalue weighted by atomic mass is 16.5. The van der Waals surface area contributed by atoms with E-state index in [0.29, 0.717) is 19.6 Å². The molecular weight excluding hydrogens is 290 g/mol. The fraction of sp³-hybridized carbons (Fsp3) is 0.316. The van der Waals surface area contributed by atoms with Crippen LogP contribution in [0.15, 0.2) is 54.6 Å². The highest BCUT2D eigenvalue weighted by Crippen LogP contribution is 2.36. The molecule has 3 rings (SSSR count). The Bertz CT molecular complexity index is 682. The highest BCUT2D eigenvalue weighted by Gasteiger charge is 2.34. The Morgan fingerprint density at radius 2 is 1.83 bits per heavy atom. The van der Waals surface area contributed by atoms with E-state index in [-0.39, 0.29) is 5.91 Å². The van der Waals surface area contributed by atoms with Crippen LogP contribution < -0.4 is 14.4 Å². The number of rotatable bonds is 4. The number of anilines is 1. The molecule has 2 aromatic carbocycles. The zero-order valence-electron chi connectivity index (χ0n) is 13.5. The van der Waals surface area contributed by atoms with Gasteiger partial charge in [-0.2, -0.15) is 0 Å². The van der Waals surface area contributed by atoms with Crippen molar-refractivity contribution in [1.29, 1.82) is 0 Å². The molecule has 0 unspecified atom stereocenters. The first-order chi connectivity index (χ1) is 11.1. The van der Waals surface area contributed by atoms with Crippen LogP contribution >= 0.6 is 0 Å². The Labute approximate surface area is 136 Å². The van der Waals surface area contributed by atoms with Crippen molar-refractivity contribution >= 4 is 11.6 Å². The van der Waals surface area contributed by atoms with Crippen molar-refractivity contribution in [3.63, 3.8) is 0 Å². The van der Waals surface area contributed by atoms with Gasteiger partial charge in [-0.25, -0.2) is 0 Å². The second-order valence-corrected chi connectivity index (χ2v) is 6.22. The molecule has 1 amide bonds. The molecule has 0 aliphatic carbocycles. The zero-order valence-corrected chi connectivity index (χ0v) is 13.5. The molecule has 0 spiro atoms. The lowest BCUT2D eigenvalue weighted by molar-refractivity contribution is -0.120. The zero-order chi connectivity index (χ0) is 16.3. The van der Waals surface area contributed by atoms with E-state index in [1.165, 1.54) is 0 Å². The molecule has 0 N–H and O–H groups in total. The van der Waals surface area contributed by atoms with Gasteiger partial charge in [-0.15, -0.1) is 0 Å². The molecule has 23 heavy (non-hydrogen) atoms. The molecule has 2 aromatic rings. The number of para-hydroxylation sites is 3. The molecule has 1 aliphatic heterocycles. The Kier molecular flexibility index (Phi) is 4.24. The van der Waals surface area contributed by atoms with Gasteiger partial charge in [-0.3, -0.25) is 4.79 Å². The summed E-state index contributed by atoms with van der Waals surface area (Å²) in [5, 5.41) is 0. The number of hydrogen-bond donors (Lipinski definition) is 0. The first-order valence-corrected chi connectivity index (χ1v) is 7.81. The van der Waals surface area contributed by atoms with E-state index in [9.17, 15) is 4.79 Å². The predicted octanol–water partition coefficient (Wildman–Crippen LogP) is 3.66. The van der Waals surface area contributed by atoms with E-state index >= 15 is 0 Å². The van der Waals surface area contributed by atoms with Crippen LogP contribution in [0.4, 0.5) is 5.69 Å². The van der Waals surface area contributed by atoms with Crippen molar-refractivity contribution in [2.75, 3.05) is 18.1 Å². The van der Waals surface area contributed by atoms with Gasteiger partial charge in [0.1, 0.15) is 17.1 Å². The summed E-state index contributed by atoms with van der Waals surface area (Å²) in [4.78, 5) is 14.4. The van der Waals surface area contributed by atoms with Gasteiger partial charge in [-0.1, -0.05) is 30.3 Å². The minimum absolute atomic E-state index is 0.0461. The molecule has 0 aromatic heterocycles. The lowest BCUT2D eigenvalue weighted by atomic mass is 10.0. The lowest BCUT2D eigenvalue weighted by Crippen LogP contribution is -2.49. The van der Waals surface area contributed by atoms with Crippen LogP contribution in [0.2, 0.25) is 0 Å². The fourth-order valence-corrected chi connectivity index (χ4v) is 2.69. The summed E-state index contributed by atoms with van der Waals surface area (Å²) >= 11 is 0. The van der Waals surface area contributed by atoms with Gasteiger partial charge in [-0.05, 0) is 38.1 Å². The molecule has 0 radical (unpaired) electrons. The Hall–Kier alpha value is -2.49. The van der Waals surface area contributed by atoms with Crippen molar-refractivity contribution in [1.82, 2.24) is 0 Å². The minimum Gasteiger partial charge on any atom is -0.493 e. The van der Waals surface area contributed by atoms with Gasteiger partial charge >= 0.3 is 0 Å². The highest BCUT2D eigenvalue weighted by molar-refractivity contribution is 5.95. The second kappa shape index (κ2) is 6.32. The average Bonchev–Trinajstić information content (AvgIpc) is 2.54. The van der Waals surface area contributed by atoms with E-state index in [2.05, 4.69) is 0 Å². The second-order valence-electron chi connectivity index (χ2n) is 6.22. The lowest BCUT2D eigenvalue weighted by Gasteiger charge is -2.39. The number of fused-ring (bicyclic) bond motifs is 1. The van der Waals surface area contributed by atoms with Gasteiger partial charge in [0.2, 0.25) is 5.91 Å². The fourth-order valence-electron chi connectivity index (χ4n) is 2.69.